The van der Waals surface area contributed by atoms with Crippen molar-refractivity contribution in [1.82, 2.24) is 0 Å². The maximum atomic E-state index is 13.4. The lowest BCUT2D eigenvalue weighted by Gasteiger charge is -2.14. The highest BCUT2D eigenvalue weighted by atomic mass is 79.9. The van der Waals surface area contributed by atoms with Gasteiger partial charge in [-0.25, -0.2) is 4.39 Å². The van der Waals surface area contributed by atoms with Gasteiger partial charge in [0.15, 0.2) is 0 Å². The van der Waals surface area contributed by atoms with Crippen molar-refractivity contribution in [2.45, 2.75) is 25.8 Å². The molecule has 2 aromatic carbocycles. The third kappa shape index (κ3) is 4.83. The molecule has 21 heavy (non-hydrogen) atoms. The summed E-state index contributed by atoms with van der Waals surface area (Å²) in [4.78, 5) is 0. The van der Waals surface area contributed by atoms with Crippen LogP contribution < -0.4 is 10.5 Å². The molecule has 4 heteroatoms. The number of benzene rings is 2. The van der Waals surface area contributed by atoms with E-state index in [1.807, 2.05) is 30.3 Å². The Morgan fingerprint density at radius 2 is 2.05 bits per heavy atom. The van der Waals surface area contributed by atoms with E-state index in [1.54, 1.807) is 0 Å². The first-order chi connectivity index (χ1) is 10.1. The van der Waals surface area contributed by atoms with E-state index in [0.717, 1.165) is 27.8 Å². The molecule has 2 nitrogen and oxygen atoms in total. The summed E-state index contributed by atoms with van der Waals surface area (Å²) in [5, 5.41) is 0. The Hall–Kier alpha value is -1.39. The van der Waals surface area contributed by atoms with E-state index >= 15 is 0 Å². The van der Waals surface area contributed by atoms with Gasteiger partial charge in [0.05, 0.1) is 6.61 Å². The summed E-state index contributed by atoms with van der Waals surface area (Å²) in [5.41, 5.74) is 8.09. The zero-order chi connectivity index (χ0) is 15.2. The minimum atomic E-state index is -0.258. The summed E-state index contributed by atoms with van der Waals surface area (Å²) >= 11 is 3.30. The molecule has 1 unspecified atom stereocenters. The number of hydrogen-bond acceptors (Lipinski definition) is 2. The van der Waals surface area contributed by atoms with E-state index in [-0.39, 0.29) is 11.9 Å². The third-order valence-electron chi connectivity index (χ3n) is 3.14. The van der Waals surface area contributed by atoms with Gasteiger partial charge < -0.3 is 10.5 Å². The Labute approximate surface area is 133 Å². The largest absolute Gasteiger partial charge is 0.494 e. The van der Waals surface area contributed by atoms with Crippen LogP contribution in [0.1, 0.15) is 30.5 Å². The smallest absolute Gasteiger partial charge is 0.124 e. The van der Waals surface area contributed by atoms with Crippen LogP contribution in [0.15, 0.2) is 46.9 Å². The van der Waals surface area contributed by atoms with Gasteiger partial charge >= 0.3 is 0 Å². The van der Waals surface area contributed by atoms with Crippen LogP contribution in [0.3, 0.4) is 0 Å². The summed E-state index contributed by atoms with van der Waals surface area (Å²) in [7, 11) is 0. The third-order valence-corrected chi connectivity index (χ3v) is 3.59. The van der Waals surface area contributed by atoms with E-state index in [1.165, 1.54) is 12.1 Å². The molecule has 2 rings (SSSR count). The van der Waals surface area contributed by atoms with E-state index in [9.17, 15) is 4.39 Å². The first-order valence-electron chi connectivity index (χ1n) is 7.02. The van der Waals surface area contributed by atoms with E-state index in [2.05, 4.69) is 22.9 Å². The second kappa shape index (κ2) is 7.57. The van der Waals surface area contributed by atoms with Crippen molar-refractivity contribution in [1.29, 1.82) is 0 Å². The Bertz CT molecular complexity index is 583. The zero-order valence-corrected chi connectivity index (χ0v) is 13.6. The quantitative estimate of drug-likeness (QED) is 0.823. The number of halogens is 2. The predicted molar refractivity (Wildman–Crippen MR) is 87.0 cm³/mol. The van der Waals surface area contributed by atoms with Crippen LogP contribution in [0.4, 0.5) is 4.39 Å². The molecule has 0 saturated heterocycles. The summed E-state index contributed by atoms with van der Waals surface area (Å²) in [6.07, 6.45) is 1.54. The molecule has 0 fully saturated rings. The van der Waals surface area contributed by atoms with Crippen LogP contribution in [-0.4, -0.2) is 6.61 Å². The number of rotatable bonds is 6. The standard InChI is InChI=1S/C17H19BrFNO/c1-2-6-21-16-5-3-4-13(10-16)17(20)9-12-7-14(18)11-15(19)8-12/h3-5,7-8,10-11,17H,2,6,9,20H2,1H3. The molecule has 0 aliphatic carbocycles. The van der Waals surface area contributed by atoms with Gasteiger partial charge in [0.1, 0.15) is 11.6 Å². The minimum Gasteiger partial charge on any atom is -0.494 e. The van der Waals surface area contributed by atoms with E-state index < -0.39 is 0 Å². The molecular formula is C17H19BrFNO. The highest BCUT2D eigenvalue weighted by Gasteiger charge is 2.10. The predicted octanol–water partition coefficient (Wildman–Crippen LogP) is 4.62. The molecule has 112 valence electrons. The molecule has 0 aliphatic rings. The fourth-order valence-electron chi connectivity index (χ4n) is 2.16. The maximum Gasteiger partial charge on any atom is 0.124 e. The zero-order valence-electron chi connectivity index (χ0n) is 12.0. The highest BCUT2D eigenvalue weighted by Crippen LogP contribution is 2.23. The van der Waals surface area contributed by atoms with Crippen molar-refractivity contribution in [3.05, 3.63) is 63.9 Å². The van der Waals surface area contributed by atoms with E-state index in [0.29, 0.717) is 13.0 Å². The van der Waals surface area contributed by atoms with Gasteiger partial charge in [0.25, 0.3) is 0 Å². The molecule has 0 radical (unpaired) electrons. The van der Waals surface area contributed by atoms with Crippen LogP contribution in [0.25, 0.3) is 0 Å². The molecule has 1 atom stereocenters. The molecule has 0 aromatic heterocycles. The molecule has 2 aromatic rings. The Balaban J connectivity index is 2.10. The second-order valence-corrected chi connectivity index (χ2v) is 5.92. The lowest BCUT2D eigenvalue weighted by Crippen LogP contribution is -2.13. The van der Waals surface area contributed by atoms with Crippen LogP contribution in [0, 0.1) is 5.82 Å². The summed E-state index contributed by atoms with van der Waals surface area (Å²) in [6, 6.07) is 12.4. The topological polar surface area (TPSA) is 35.2 Å². The maximum absolute atomic E-state index is 13.4. The molecule has 0 bridgehead atoms. The number of ether oxygens (including phenoxy) is 1. The van der Waals surface area contributed by atoms with Gasteiger partial charge in [-0.2, -0.15) is 0 Å². The highest BCUT2D eigenvalue weighted by molar-refractivity contribution is 9.10. The Kier molecular flexibility index (Phi) is 5.76. The van der Waals surface area contributed by atoms with Crippen LogP contribution >= 0.6 is 15.9 Å². The fraction of sp³-hybridized carbons (Fsp3) is 0.294. The Morgan fingerprint density at radius 1 is 1.24 bits per heavy atom. The van der Waals surface area contributed by atoms with Gasteiger partial charge in [-0.1, -0.05) is 35.0 Å². The average molecular weight is 352 g/mol. The van der Waals surface area contributed by atoms with Gasteiger partial charge in [-0.15, -0.1) is 0 Å². The number of hydrogen-bond donors (Lipinski definition) is 1. The summed E-state index contributed by atoms with van der Waals surface area (Å²) in [5.74, 6) is 0.567. The van der Waals surface area contributed by atoms with Gasteiger partial charge in [0, 0.05) is 10.5 Å². The first-order valence-corrected chi connectivity index (χ1v) is 7.81. The summed E-state index contributed by atoms with van der Waals surface area (Å²) in [6.45, 7) is 2.76. The SMILES string of the molecule is CCCOc1cccc(C(N)Cc2cc(F)cc(Br)c2)c1. The molecule has 0 spiro atoms. The van der Waals surface area contributed by atoms with Crippen LogP contribution in [0.5, 0.6) is 5.75 Å². The van der Waals surface area contributed by atoms with Gasteiger partial charge in [-0.3, -0.25) is 0 Å². The Morgan fingerprint density at radius 3 is 2.76 bits per heavy atom. The summed E-state index contributed by atoms with van der Waals surface area (Å²) < 4.78 is 19.7. The van der Waals surface area contributed by atoms with Crippen molar-refractivity contribution in [3.8, 4) is 5.75 Å². The van der Waals surface area contributed by atoms with Crippen LogP contribution in [0.2, 0.25) is 0 Å². The molecule has 0 amide bonds. The first kappa shape index (κ1) is 16.0. The van der Waals surface area contributed by atoms with Crippen molar-refractivity contribution in [2.75, 3.05) is 6.61 Å². The lowest BCUT2D eigenvalue weighted by atomic mass is 9.99. The molecular weight excluding hydrogens is 333 g/mol. The van der Waals surface area contributed by atoms with Crippen LogP contribution in [-0.2, 0) is 6.42 Å². The van der Waals surface area contributed by atoms with Gasteiger partial charge in [0.2, 0.25) is 0 Å². The molecule has 0 saturated carbocycles. The normalized spacial score (nSPS) is 12.2. The monoisotopic (exact) mass is 351 g/mol. The van der Waals surface area contributed by atoms with Crippen molar-refractivity contribution >= 4 is 15.9 Å². The second-order valence-electron chi connectivity index (χ2n) is 5.01. The molecule has 0 aliphatic heterocycles. The van der Waals surface area contributed by atoms with Crippen molar-refractivity contribution < 1.29 is 9.13 Å². The van der Waals surface area contributed by atoms with Crippen molar-refractivity contribution in [2.24, 2.45) is 5.73 Å². The molecule has 0 heterocycles. The average Bonchev–Trinajstić information content (AvgIpc) is 2.44. The van der Waals surface area contributed by atoms with E-state index in [4.69, 9.17) is 10.5 Å². The van der Waals surface area contributed by atoms with Gasteiger partial charge in [-0.05, 0) is 54.3 Å². The lowest BCUT2D eigenvalue weighted by molar-refractivity contribution is 0.317. The minimum absolute atomic E-state index is 0.191. The fourth-order valence-corrected chi connectivity index (χ4v) is 2.67. The number of nitrogens with two attached hydrogens (primary N) is 1. The molecule has 2 N–H and O–H groups in total. The van der Waals surface area contributed by atoms with Crippen molar-refractivity contribution in [3.63, 3.8) is 0 Å².